The van der Waals surface area contributed by atoms with Gasteiger partial charge in [-0.15, -0.1) is 6.58 Å². The number of esters is 1. The standard InChI is InChI=1S/C13H14N2O5/c1-3-6-17-9(2)13(16)19-8-11-14-12(15-20-11)10-5-4-7-18-10/h3-5,7,9H,1,6,8H2,2H3. The minimum Gasteiger partial charge on any atom is -0.461 e. The highest BCUT2D eigenvalue weighted by molar-refractivity contribution is 5.74. The largest absolute Gasteiger partial charge is 0.461 e. The van der Waals surface area contributed by atoms with Gasteiger partial charge in [-0.1, -0.05) is 11.2 Å². The molecule has 0 radical (unpaired) electrons. The molecule has 1 unspecified atom stereocenters. The molecular weight excluding hydrogens is 264 g/mol. The zero-order valence-electron chi connectivity index (χ0n) is 10.9. The summed E-state index contributed by atoms with van der Waals surface area (Å²) >= 11 is 0. The van der Waals surface area contributed by atoms with Gasteiger partial charge in [-0.05, 0) is 19.1 Å². The summed E-state index contributed by atoms with van der Waals surface area (Å²) in [7, 11) is 0. The van der Waals surface area contributed by atoms with Crippen molar-refractivity contribution >= 4 is 5.97 Å². The van der Waals surface area contributed by atoms with E-state index >= 15 is 0 Å². The van der Waals surface area contributed by atoms with Crippen molar-refractivity contribution in [1.29, 1.82) is 0 Å². The lowest BCUT2D eigenvalue weighted by molar-refractivity contribution is -0.157. The monoisotopic (exact) mass is 278 g/mol. The summed E-state index contributed by atoms with van der Waals surface area (Å²) < 4.78 is 20.2. The van der Waals surface area contributed by atoms with E-state index in [1.807, 2.05) is 0 Å². The maximum Gasteiger partial charge on any atom is 0.335 e. The Morgan fingerprint density at radius 1 is 1.60 bits per heavy atom. The van der Waals surface area contributed by atoms with Crippen molar-refractivity contribution in [1.82, 2.24) is 10.1 Å². The Labute approximate surface area is 115 Å². The van der Waals surface area contributed by atoms with Crippen LogP contribution in [-0.2, 0) is 20.9 Å². The molecule has 0 aliphatic heterocycles. The predicted octanol–water partition coefficient (Wildman–Crippen LogP) is 1.96. The van der Waals surface area contributed by atoms with Gasteiger partial charge in [-0.25, -0.2) is 4.79 Å². The highest BCUT2D eigenvalue weighted by Crippen LogP contribution is 2.16. The van der Waals surface area contributed by atoms with Gasteiger partial charge in [0.15, 0.2) is 18.5 Å². The van der Waals surface area contributed by atoms with E-state index < -0.39 is 12.1 Å². The third-order valence-electron chi connectivity index (χ3n) is 2.34. The van der Waals surface area contributed by atoms with Crippen molar-refractivity contribution in [2.75, 3.05) is 6.61 Å². The zero-order valence-corrected chi connectivity index (χ0v) is 10.9. The van der Waals surface area contributed by atoms with Crippen molar-refractivity contribution < 1.29 is 23.2 Å². The Balaban J connectivity index is 1.85. The molecule has 7 nitrogen and oxygen atoms in total. The van der Waals surface area contributed by atoms with Gasteiger partial charge < -0.3 is 18.4 Å². The number of nitrogens with zero attached hydrogens (tertiary/aromatic N) is 2. The third-order valence-corrected chi connectivity index (χ3v) is 2.34. The summed E-state index contributed by atoms with van der Waals surface area (Å²) in [6.07, 6.45) is 2.38. The Bertz CT molecular complexity index is 561. The molecule has 2 heterocycles. The van der Waals surface area contributed by atoms with Crippen molar-refractivity contribution in [2.24, 2.45) is 0 Å². The fourth-order valence-corrected chi connectivity index (χ4v) is 1.35. The molecule has 0 saturated carbocycles. The maximum atomic E-state index is 11.6. The number of carbonyl (C=O) groups is 1. The van der Waals surface area contributed by atoms with E-state index in [2.05, 4.69) is 16.7 Å². The molecule has 2 rings (SSSR count). The summed E-state index contributed by atoms with van der Waals surface area (Å²) in [4.78, 5) is 15.6. The highest BCUT2D eigenvalue weighted by atomic mass is 16.6. The van der Waals surface area contributed by atoms with Crippen molar-refractivity contribution in [3.8, 4) is 11.6 Å². The highest BCUT2D eigenvalue weighted by Gasteiger charge is 2.17. The van der Waals surface area contributed by atoms with E-state index in [-0.39, 0.29) is 19.1 Å². The van der Waals surface area contributed by atoms with Gasteiger partial charge in [0.2, 0.25) is 5.82 Å². The lowest BCUT2D eigenvalue weighted by Gasteiger charge is -2.09. The van der Waals surface area contributed by atoms with E-state index in [0.29, 0.717) is 11.6 Å². The second-order valence-electron chi connectivity index (χ2n) is 3.86. The van der Waals surface area contributed by atoms with E-state index in [9.17, 15) is 4.79 Å². The Kier molecular flexibility index (Phi) is 4.67. The summed E-state index contributed by atoms with van der Waals surface area (Å²) in [6, 6.07) is 3.41. The molecular formula is C13H14N2O5. The molecule has 0 bridgehead atoms. The summed E-state index contributed by atoms with van der Waals surface area (Å²) in [5, 5.41) is 3.72. The average molecular weight is 278 g/mol. The maximum absolute atomic E-state index is 11.6. The number of aromatic nitrogens is 2. The number of furan rings is 1. The topological polar surface area (TPSA) is 87.6 Å². The Hall–Kier alpha value is -2.41. The average Bonchev–Trinajstić information content (AvgIpc) is 3.12. The van der Waals surface area contributed by atoms with Gasteiger partial charge in [-0.2, -0.15) is 4.98 Å². The van der Waals surface area contributed by atoms with Crippen LogP contribution in [0.4, 0.5) is 0 Å². The van der Waals surface area contributed by atoms with Crippen molar-refractivity contribution in [2.45, 2.75) is 19.6 Å². The molecule has 0 fully saturated rings. The minimum absolute atomic E-state index is 0.117. The van der Waals surface area contributed by atoms with Crippen LogP contribution in [0.5, 0.6) is 0 Å². The fourth-order valence-electron chi connectivity index (χ4n) is 1.35. The van der Waals surface area contributed by atoms with Gasteiger partial charge in [0, 0.05) is 0 Å². The molecule has 0 amide bonds. The van der Waals surface area contributed by atoms with Crippen LogP contribution in [0.1, 0.15) is 12.8 Å². The van der Waals surface area contributed by atoms with Gasteiger partial charge >= 0.3 is 5.97 Å². The van der Waals surface area contributed by atoms with Gasteiger partial charge in [0.25, 0.3) is 5.89 Å². The van der Waals surface area contributed by atoms with E-state index in [0.717, 1.165) is 0 Å². The summed E-state index contributed by atoms with van der Waals surface area (Å²) in [5.41, 5.74) is 0. The van der Waals surface area contributed by atoms with Crippen LogP contribution in [0.15, 0.2) is 40.0 Å². The second kappa shape index (κ2) is 6.67. The summed E-state index contributed by atoms with van der Waals surface area (Å²) in [5.74, 6) is 0.455. The van der Waals surface area contributed by atoms with Crippen LogP contribution in [0.25, 0.3) is 11.6 Å². The quantitative estimate of drug-likeness (QED) is 0.565. The van der Waals surface area contributed by atoms with Crippen LogP contribution in [0, 0.1) is 0 Å². The van der Waals surface area contributed by atoms with E-state index in [1.54, 1.807) is 25.1 Å². The number of hydrogen-bond donors (Lipinski definition) is 0. The van der Waals surface area contributed by atoms with E-state index in [1.165, 1.54) is 6.26 Å². The molecule has 2 aromatic rings. The first-order chi connectivity index (χ1) is 9.70. The fraction of sp³-hybridized carbons (Fsp3) is 0.308. The molecule has 0 aliphatic carbocycles. The van der Waals surface area contributed by atoms with Crippen molar-refractivity contribution in [3.05, 3.63) is 36.9 Å². The van der Waals surface area contributed by atoms with Crippen molar-refractivity contribution in [3.63, 3.8) is 0 Å². The van der Waals surface area contributed by atoms with Crippen LogP contribution < -0.4 is 0 Å². The lowest BCUT2D eigenvalue weighted by Crippen LogP contribution is -2.23. The molecule has 0 saturated heterocycles. The van der Waals surface area contributed by atoms with Crippen LogP contribution in [0.3, 0.4) is 0 Å². The van der Waals surface area contributed by atoms with E-state index in [4.69, 9.17) is 18.4 Å². The van der Waals surface area contributed by atoms with Crippen LogP contribution >= 0.6 is 0 Å². The number of ether oxygens (including phenoxy) is 2. The molecule has 1 atom stereocenters. The minimum atomic E-state index is -0.680. The second-order valence-corrected chi connectivity index (χ2v) is 3.86. The molecule has 0 aromatic carbocycles. The molecule has 0 aliphatic rings. The SMILES string of the molecule is C=CCOC(C)C(=O)OCc1nc(-c2ccco2)no1. The smallest absolute Gasteiger partial charge is 0.335 e. The molecule has 20 heavy (non-hydrogen) atoms. The number of rotatable bonds is 7. The van der Waals surface area contributed by atoms with Gasteiger partial charge in [0.05, 0.1) is 12.9 Å². The molecule has 0 N–H and O–H groups in total. The summed E-state index contributed by atoms with van der Waals surface area (Å²) in [6.45, 7) is 5.25. The molecule has 0 spiro atoms. The zero-order chi connectivity index (χ0) is 14.4. The molecule has 106 valence electrons. The number of hydrogen-bond acceptors (Lipinski definition) is 7. The normalized spacial score (nSPS) is 12.1. The predicted molar refractivity (Wildman–Crippen MR) is 67.4 cm³/mol. The first-order valence-corrected chi connectivity index (χ1v) is 5.96. The van der Waals surface area contributed by atoms with Crippen LogP contribution in [-0.4, -0.2) is 28.8 Å². The number of carbonyl (C=O) groups excluding carboxylic acids is 1. The first-order valence-electron chi connectivity index (χ1n) is 5.96. The third kappa shape index (κ3) is 3.55. The first kappa shape index (κ1) is 14.0. The molecule has 2 aromatic heterocycles. The van der Waals surface area contributed by atoms with Crippen LogP contribution in [0.2, 0.25) is 0 Å². The van der Waals surface area contributed by atoms with Gasteiger partial charge in [-0.3, -0.25) is 0 Å². The Morgan fingerprint density at radius 3 is 3.15 bits per heavy atom. The molecule has 7 heteroatoms. The lowest BCUT2D eigenvalue weighted by atomic mass is 10.4. The van der Waals surface area contributed by atoms with Gasteiger partial charge in [0.1, 0.15) is 0 Å². The Morgan fingerprint density at radius 2 is 2.45 bits per heavy atom.